The predicted octanol–water partition coefficient (Wildman–Crippen LogP) is -0.130. The summed E-state index contributed by atoms with van der Waals surface area (Å²) in [6, 6.07) is 1.24. The molecule has 1 amide bonds. The van der Waals surface area contributed by atoms with Gasteiger partial charge >= 0.3 is 5.97 Å². The van der Waals surface area contributed by atoms with Gasteiger partial charge in [-0.1, -0.05) is 13.8 Å². The number of aryl methyl sites for hydroxylation is 1. The van der Waals surface area contributed by atoms with E-state index in [-0.39, 0.29) is 10.6 Å². The highest BCUT2D eigenvalue weighted by atomic mass is 32.2. The number of sulfonamides is 1. The minimum atomic E-state index is -3.65. The van der Waals surface area contributed by atoms with Gasteiger partial charge in [0.2, 0.25) is 10.0 Å². The van der Waals surface area contributed by atoms with Gasteiger partial charge in [-0.2, -0.15) is 4.31 Å². The van der Waals surface area contributed by atoms with Crippen molar-refractivity contribution in [2.75, 3.05) is 19.6 Å². The molecular weight excluding hydrogens is 298 g/mol. The van der Waals surface area contributed by atoms with Gasteiger partial charge in [0.15, 0.2) is 0 Å². The highest BCUT2D eigenvalue weighted by Crippen LogP contribution is 2.18. The van der Waals surface area contributed by atoms with Crippen molar-refractivity contribution in [3.05, 3.63) is 18.0 Å². The van der Waals surface area contributed by atoms with E-state index in [1.807, 2.05) is 0 Å². The van der Waals surface area contributed by atoms with Gasteiger partial charge in [0.25, 0.3) is 5.91 Å². The van der Waals surface area contributed by atoms with Crippen molar-refractivity contribution < 1.29 is 23.1 Å². The molecule has 0 atom stereocenters. The second-order valence-electron chi connectivity index (χ2n) is 4.34. The molecule has 0 saturated heterocycles. The summed E-state index contributed by atoms with van der Waals surface area (Å²) in [4.78, 5) is 22.3. The van der Waals surface area contributed by atoms with Crippen LogP contribution in [0.1, 0.15) is 24.3 Å². The number of amides is 1. The molecule has 1 rings (SSSR count). The summed E-state index contributed by atoms with van der Waals surface area (Å²) in [5.74, 6) is -1.81. The van der Waals surface area contributed by atoms with Crippen molar-refractivity contribution in [3.63, 3.8) is 0 Å². The minimum absolute atomic E-state index is 0.00850. The van der Waals surface area contributed by atoms with Crippen molar-refractivity contribution in [2.24, 2.45) is 7.05 Å². The molecular formula is C12H19N3O5S. The van der Waals surface area contributed by atoms with Crippen molar-refractivity contribution in [2.45, 2.75) is 18.7 Å². The van der Waals surface area contributed by atoms with E-state index < -0.39 is 28.4 Å². The second kappa shape index (κ2) is 6.72. The van der Waals surface area contributed by atoms with Crippen LogP contribution in [0, 0.1) is 0 Å². The molecule has 0 radical (unpaired) electrons. The van der Waals surface area contributed by atoms with E-state index in [0.717, 1.165) is 0 Å². The van der Waals surface area contributed by atoms with E-state index in [1.165, 1.54) is 28.2 Å². The molecule has 0 aliphatic carbocycles. The Kier molecular flexibility index (Phi) is 5.50. The molecule has 0 aromatic carbocycles. The Hall–Kier alpha value is -1.87. The first kappa shape index (κ1) is 17.2. The number of carbonyl (C=O) groups excluding carboxylic acids is 1. The van der Waals surface area contributed by atoms with Crippen LogP contribution in [-0.4, -0.2) is 53.9 Å². The summed E-state index contributed by atoms with van der Waals surface area (Å²) in [6.07, 6.45) is 1.34. The zero-order chi connectivity index (χ0) is 16.2. The lowest BCUT2D eigenvalue weighted by atomic mass is 10.4. The molecule has 8 nitrogen and oxygen atoms in total. The van der Waals surface area contributed by atoms with Gasteiger partial charge in [0, 0.05) is 26.3 Å². The number of carboxylic acid groups (broad SMARTS) is 1. The number of hydrogen-bond acceptors (Lipinski definition) is 4. The van der Waals surface area contributed by atoms with Crippen LogP contribution in [0.3, 0.4) is 0 Å². The van der Waals surface area contributed by atoms with Crippen LogP contribution < -0.4 is 5.32 Å². The molecule has 1 aromatic heterocycles. The second-order valence-corrected chi connectivity index (χ2v) is 6.28. The summed E-state index contributed by atoms with van der Waals surface area (Å²) >= 11 is 0. The van der Waals surface area contributed by atoms with Crippen LogP contribution in [0.5, 0.6) is 0 Å². The van der Waals surface area contributed by atoms with Crippen molar-refractivity contribution in [1.82, 2.24) is 14.2 Å². The number of aromatic nitrogens is 1. The zero-order valence-electron chi connectivity index (χ0n) is 12.2. The lowest BCUT2D eigenvalue weighted by molar-refractivity contribution is -0.135. The third-order valence-electron chi connectivity index (χ3n) is 2.96. The number of nitrogens with zero attached hydrogens (tertiary/aromatic N) is 2. The maximum Gasteiger partial charge on any atom is 0.322 e. The Morgan fingerprint density at radius 3 is 2.38 bits per heavy atom. The third-order valence-corrected chi connectivity index (χ3v) is 4.97. The van der Waals surface area contributed by atoms with Crippen molar-refractivity contribution >= 4 is 21.9 Å². The van der Waals surface area contributed by atoms with Crippen LogP contribution >= 0.6 is 0 Å². The topological polar surface area (TPSA) is 109 Å². The quantitative estimate of drug-likeness (QED) is 0.728. The van der Waals surface area contributed by atoms with Gasteiger partial charge in [-0.05, 0) is 6.07 Å². The molecule has 0 aliphatic heterocycles. The summed E-state index contributed by atoms with van der Waals surface area (Å²) in [7, 11) is -2.13. The molecule has 0 aliphatic rings. The standard InChI is InChI=1S/C12H19N3O5S/c1-4-15(5-2)21(19,20)9-6-10(14(3)8-9)12(18)13-7-11(16)17/h6,8H,4-5,7H2,1-3H3,(H,13,18)(H,16,17). The predicted molar refractivity (Wildman–Crippen MR) is 75.5 cm³/mol. The molecule has 0 spiro atoms. The Morgan fingerprint density at radius 2 is 1.90 bits per heavy atom. The highest BCUT2D eigenvalue weighted by molar-refractivity contribution is 7.89. The van der Waals surface area contributed by atoms with Crippen LogP contribution in [0.4, 0.5) is 0 Å². The van der Waals surface area contributed by atoms with Gasteiger partial charge < -0.3 is 15.0 Å². The van der Waals surface area contributed by atoms with E-state index in [0.29, 0.717) is 13.1 Å². The third kappa shape index (κ3) is 3.82. The Labute approximate surface area is 123 Å². The molecule has 0 unspecified atom stereocenters. The molecule has 0 saturated carbocycles. The van der Waals surface area contributed by atoms with E-state index >= 15 is 0 Å². The van der Waals surface area contributed by atoms with Gasteiger partial charge in [-0.3, -0.25) is 9.59 Å². The van der Waals surface area contributed by atoms with E-state index in [2.05, 4.69) is 5.32 Å². The smallest absolute Gasteiger partial charge is 0.322 e. The number of aliphatic carboxylic acids is 1. The Morgan fingerprint density at radius 1 is 1.33 bits per heavy atom. The molecule has 1 aromatic rings. The molecule has 0 fully saturated rings. The van der Waals surface area contributed by atoms with Crippen molar-refractivity contribution in [1.29, 1.82) is 0 Å². The van der Waals surface area contributed by atoms with Gasteiger partial charge in [0.05, 0.1) is 0 Å². The lowest BCUT2D eigenvalue weighted by Gasteiger charge is -2.17. The van der Waals surface area contributed by atoms with Crippen LogP contribution in [0.15, 0.2) is 17.2 Å². The first-order valence-electron chi connectivity index (χ1n) is 6.40. The van der Waals surface area contributed by atoms with Gasteiger partial charge in [0.1, 0.15) is 17.1 Å². The lowest BCUT2D eigenvalue weighted by Crippen LogP contribution is -2.31. The molecule has 2 N–H and O–H groups in total. The number of rotatable bonds is 7. The first-order chi connectivity index (χ1) is 9.73. The molecule has 1 heterocycles. The summed E-state index contributed by atoms with van der Waals surface area (Å²) in [5.41, 5.74) is 0.0852. The summed E-state index contributed by atoms with van der Waals surface area (Å²) in [5, 5.41) is 10.7. The number of carboxylic acids is 1. The highest BCUT2D eigenvalue weighted by Gasteiger charge is 2.25. The average molecular weight is 317 g/mol. The summed E-state index contributed by atoms with van der Waals surface area (Å²) in [6.45, 7) is 3.58. The van der Waals surface area contributed by atoms with Crippen LogP contribution in [0.2, 0.25) is 0 Å². The average Bonchev–Trinajstić information content (AvgIpc) is 2.80. The fourth-order valence-corrected chi connectivity index (χ4v) is 3.39. The van der Waals surface area contributed by atoms with Crippen LogP contribution in [0.25, 0.3) is 0 Å². The normalized spacial score (nSPS) is 11.6. The van der Waals surface area contributed by atoms with E-state index in [9.17, 15) is 18.0 Å². The fourth-order valence-electron chi connectivity index (χ4n) is 1.86. The zero-order valence-corrected chi connectivity index (χ0v) is 13.0. The molecule has 0 bridgehead atoms. The first-order valence-corrected chi connectivity index (χ1v) is 7.84. The van der Waals surface area contributed by atoms with Crippen LogP contribution in [-0.2, 0) is 21.9 Å². The maximum atomic E-state index is 12.3. The molecule has 21 heavy (non-hydrogen) atoms. The molecule has 9 heteroatoms. The number of carbonyl (C=O) groups is 2. The molecule has 118 valence electrons. The number of nitrogens with one attached hydrogen (secondary N) is 1. The van der Waals surface area contributed by atoms with E-state index in [1.54, 1.807) is 13.8 Å². The monoisotopic (exact) mass is 317 g/mol. The minimum Gasteiger partial charge on any atom is -0.480 e. The largest absolute Gasteiger partial charge is 0.480 e. The van der Waals surface area contributed by atoms with Crippen molar-refractivity contribution in [3.8, 4) is 0 Å². The fraction of sp³-hybridized carbons (Fsp3) is 0.500. The summed E-state index contributed by atoms with van der Waals surface area (Å²) < 4.78 is 27.3. The number of hydrogen-bond donors (Lipinski definition) is 2. The van der Waals surface area contributed by atoms with Gasteiger partial charge in [-0.25, -0.2) is 8.42 Å². The SMILES string of the molecule is CCN(CC)S(=O)(=O)c1cc(C(=O)NCC(=O)O)n(C)c1. The van der Waals surface area contributed by atoms with Gasteiger partial charge in [-0.15, -0.1) is 0 Å². The van der Waals surface area contributed by atoms with E-state index in [4.69, 9.17) is 5.11 Å². The Bertz CT molecular complexity index is 631. The maximum absolute atomic E-state index is 12.3. The Balaban J connectivity index is 3.07.